The number of aliphatic hydroxyl groups excluding tert-OH is 1. The molecule has 0 spiro atoms. The molecule has 1 atom stereocenters. The molecule has 0 aromatic heterocycles. The number of amides is 1. The molecule has 0 bridgehead atoms. The smallest absolute Gasteiger partial charge is 0.295 e. The second-order valence-electron chi connectivity index (χ2n) is 7.29. The average Bonchev–Trinajstić information content (AvgIpc) is 3.01. The lowest BCUT2D eigenvalue weighted by Crippen LogP contribution is -2.30. The maximum absolute atomic E-state index is 12.9. The average molecular weight is 428 g/mol. The van der Waals surface area contributed by atoms with Crippen molar-refractivity contribution in [1.29, 1.82) is 0 Å². The molecule has 2 aromatic carbocycles. The van der Waals surface area contributed by atoms with E-state index in [9.17, 15) is 14.7 Å². The van der Waals surface area contributed by atoms with Gasteiger partial charge in [-0.15, -0.1) is 0 Å². The number of likely N-dealkylation sites (tertiary alicyclic amines) is 1. The van der Waals surface area contributed by atoms with Gasteiger partial charge in [-0.3, -0.25) is 9.59 Å². The van der Waals surface area contributed by atoms with E-state index < -0.39 is 17.7 Å². The molecule has 0 saturated carbocycles. The summed E-state index contributed by atoms with van der Waals surface area (Å²) in [5.41, 5.74) is 2.40. The Balaban J connectivity index is 2.14. The van der Waals surface area contributed by atoms with E-state index in [0.29, 0.717) is 22.9 Å². The van der Waals surface area contributed by atoms with E-state index in [-0.39, 0.29) is 11.3 Å². The molecule has 0 radical (unpaired) electrons. The number of hydrogen-bond acceptors (Lipinski definition) is 4. The molecule has 5 nitrogen and oxygen atoms in total. The van der Waals surface area contributed by atoms with Crippen LogP contribution in [0.5, 0.6) is 5.75 Å². The van der Waals surface area contributed by atoms with Gasteiger partial charge < -0.3 is 14.7 Å². The van der Waals surface area contributed by atoms with Crippen LogP contribution in [0.3, 0.4) is 0 Å². The molecule has 158 valence electrons. The molecule has 3 rings (SSSR count). The Kier molecular flexibility index (Phi) is 6.83. The van der Waals surface area contributed by atoms with E-state index in [0.717, 1.165) is 30.4 Å². The fourth-order valence-corrected chi connectivity index (χ4v) is 3.95. The zero-order valence-electron chi connectivity index (χ0n) is 17.4. The number of unbranched alkanes of at least 4 members (excludes halogenated alkanes) is 1. The summed E-state index contributed by atoms with van der Waals surface area (Å²) in [5.74, 6) is -1.04. The largest absolute Gasteiger partial charge is 0.507 e. The van der Waals surface area contributed by atoms with Crippen molar-refractivity contribution in [3.05, 3.63) is 69.8 Å². The number of hydrogen-bond donors (Lipinski definition) is 1. The van der Waals surface area contributed by atoms with Crippen LogP contribution in [0, 0.1) is 0 Å². The first-order chi connectivity index (χ1) is 14.4. The molecular formula is C24H26ClNO4. The number of methoxy groups -OCH3 is 1. The number of aryl methyl sites for hydroxylation is 1. The van der Waals surface area contributed by atoms with Gasteiger partial charge in [-0.1, -0.05) is 56.1 Å². The highest BCUT2D eigenvalue weighted by Crippen LogP contribution is 2.40. The van der Waals surface area contributed by atoms with Crippen LogP contribution in [0.4, 0.5) is 0 Å². The minimum Gasteiger partial charge on any atom is -0.507 e. The van der Waals surface area contributed by atoms with Gasteiger partial charge in [-0.2, -0.15) is 0 Å². The summed E-state index contributed by atoms with van der Waals surface area (Å²) in [7, 11) is 1.50. The Morgan fingerprint density at radius 3 is 2.40 bits per heavy atom. The lowest BCUT2D eigenvalue weighted by atomic mass is 9.94. The summed E-state index contributed by atoms with van der Waals surface area (Å²) in [6.45, 7) is 4.54. The summed E-state index contributed by atoms with van der Waals surface area (Å²) in [6, 6.07) is 12.0. The molecule has 30 heavy (non-hydrogen) atoms. The minimum atomic E-state index is -0.680. The van der Waals surface area contributed by atoms with Crippen LogP contribution in [0.15, 0.2) is 48.0 Å². The van der Waals surface area contributed by atoms with Gasteiger partial charge in [0, 0.05) is 12.1 Å². The predicted molar refractivity (Wildman–Crippen MR) is 118 cm³/mol. The normalized spacial score (nSPS) is 18.1. The zero-order valence-corrected chi connectivity index (χ0v) is 18.2. The molecule has 1 N–H and O–H groups in total. The number of aliphatic hydroxyl groups is 1. The van der Waals surface area contributed by atoms with Gasteiger partial charge in [-0.25, -0.2) is 0 Å². The van der Waals surface area contributed by atoms with E-state index in [2.05, 4.69) is 6.92 Å². The van der Waals surface area contributed by atoms with Crippen molar-refractivity contribution in [3.8, 4) is 5.75 Å². The number of carbonyl (C=O) groups is 2. The highest BCUT2D eigenvalue weighted by Gasteiger charge is 2.45. The molecule has 1 heterocycles. The third-order valence-corrected chi connectivity index (χ3v) is 5.72. The van der Waals surface area contributed by atoms with Crippen LogP contribution in [-0.2, 0) is 16.0 Å². The third-order valence-electron chi connectivity index (χ3n) is 5.42. The van der Waals surface area contributed by atoms with Gasteiger partial charge in [-0.05, 0) is 42.2 Å². The fraction of sp³-hybridized carbons (Fsp3) is 0.333. The Morgan fingerprint density at radius 2 is 1.83 bits per heavy atom. The molecule has 2 aromatic rings. The highest BCUT2D eigenvalue weighted by atomic mass is 35.5. The van der Waals surface area contributed by atoms with Gasteiger partial charge in [0.05, 0.1) is 23.7 Å². The van der Waals surface area contributed by atoms with Crippen LogP contribution in [0.1, 0.15) is 49.4 Å². The number of ether oxygens (including phenoxy) is 1. The van der Waals surface area contributed by atoms with Crippen LogP contribution in [0.2, 0.25) is 5.02 Å². The Morgan fingerprint density at radius 1 is 1.13 bits per heavy atom. The number of rotatable bonds is 7. The van der Waals surface area contributed by atoms with Gasteiger partial charge in [0.1, 0.15) is 11.5 Å². The highest BCUT2D eigenvalue weighted by molar-refractivity contribution is 6.46. The van der Waals surface area contributed by atoms with Crippen LogP contribution in [-0.4, -0.2) is 35.4 Å². The number of halogens is 1. The molecule has 1 aliphatic heterocycles. The van der Waals surface area contributed by atoms with Gasteiger partial charge in [0.15, 0.2) is 0 Å². The number of benzene rings is 2. The van der Waals surface area contributed by atoms with Crippen molar-refractivity contribution in [1.82, 2.24) is 4.90 Å². The summed E-state index contributed by atoms with van der Waals surface area (Å²) < 4.78 is 5.16. The van der Waals surface area contributed by atoms with E-state index in [4.69, 9.17) is 16.3 Å². The van der Waals surface area contributed by atoms with Crippen molar-refractivity contribution >= 4 is 29.1 Å². The predicted octanol–water partition coefficient (Wildman–Crippen LogP) is 5.13. The zero-order chi connectivity index (χ0) is 21.8. The first-order valence-electron chi connectivity index (χ1n) is 10.1. The SMILES string of the molecule is CCCCN1C(=O)C(=O)/C(=C(\O)c2ccc(OC)c(Cl)c2)C1c1ccc(CC)cc1. The summed E-state index contributed by atoms with van der Waals surface area (Å²) in [5, 5.41) is 11.4. The number of carbonyl (C=O) groups excluding carboxylic acids is 2. The molecular weight excluding hydrogens is 402 g/mol. The van der Waals surface area contributed by atoms with Crippen molar-refractivity contribution < 1.29 is 19.4 Å². The fourth-order valence-electron chi connectivity index (χ4n) is 3.69. The molecule has 1 saturated heterocycles. The quantitative estimate of drug-likeness (QED) is 0.377. The summed E-state index contributed by atoms with van der Waals surface area (Å²) >= 11 is 6.21. The molecule has 1 amide bonds. The molecule has 0 aliphatic carbocycles. The van der Waals surface area contributed by atoms with Gasteiger partial charge in [0.2, 0.25) is 0 Å². The van der Waals surface area contributed by atoms with E-state index in [1.807, 2.05) is 31.2 Å². The topological polar surface area (TPSA) is 66.8 Å². The number of Topliss-reactive ketones (excluding diaryl/α,β-unsaturated/α-hetero) is 1. The van der Waals surface area contributed by atoms with Crippen LogP contribution >= 0.6 is 11.6 Å². The number of ketones is 1. The second kappa shape index (κ2) is 9.35. The first-order valence-corrected chi connectivity index (χ1v) is 10.5. The van der Waals surface area contributed by atoms with Crippen LogP contribution in [0.25, 0.3) is 5.76 Å². The first kappa shape index (κ1) is 21.9. The number of nitrogens with zero attached hydrogens (tertiary/aromatic N) is 1. The molecule has 1 fully saturated rings. The third kappa shape index (κ3) is 4.08. The Labute approximate surface area is 181 Å². The van der Waals surface area contributed by atoms with Crippen molar-refractivity contribution in [2.45, 2.75) is 39.2 Å². The van der Waals surface area contributed by atoms with Crippen molar-refractivity contribution in [3.63, 3.8) is 0 Å². The second-order valence-corrected chi connectivity index (χ2v) is 7.70. The minimum absolute atomic E-state index is 0.0848. The maximum Gasteiger partial charge on any atom is 0.295 e. The summed E-state index contributed by atoms with van der Waals surface area (Å²) in [6.07, 6.45) is 2.55. The summed E-state index contributed by atoms with van der Waals surface area (Å²) in [4.78, 5) is 27.3. The van der Waals surface area contributed by atoms with E-state index in [1.54, 1.807) is 17.0 Å². The van der Waals surface area contributed by atoms with Crippen molar-refractivity contribution in [2.75, 3.05) is 13.7 Å². The van der Waals surface area contributed by atoms with Gasteiger partial charge >= 0.3 is 0 Å². The maximum atomic E-state index is 12.9. The molecule has 1 unspecified atom stereocenters. The Hall–Kier alpha value is -2.79. The van der Waals surface area contributed by atoms with Crippen LogP contribution < -0.4 is 4.74 Å². The van der Waals surface area contributed by atoms with Crippen molar-refractivity contribution in [2.24, 2.45) is 0 Å². The lowest BCUT2D eigenvalue weighted by molar-refractivity contribution is -0.139. The standard InChI is InChI=1S/C24H26ClNO4/c1-4-6-13-26-21(16-9-7-15(5-2)8-10-16)20(23(28)24(26)29)22(27)17-11-12-19(30-3)18(25)14-17/h7-12,14,21,27H,4-6,13H2,1-3H3/b22-20-. The van der Waals surface area contributed by atoms with E-state index >= 15 is 0 Å². The monoisotopic (exact) mass is 427 g/mol. The molecule has 1 aliphatic rings. The molecule has 6 heteroatoms. The Bertz CT molecular complexity index is 981. The lowest BCUT2D eigenvalue weighted by Gasteiger charge is -2.25. The van der Waals surface area contributed by atoms with Gasteiger partial charge in [0.25, 0.3) is 11.7 Å². The van der Waals surface area contributed by atoms with E-state index in [1.165, 1.54) is 13.2 Å².